The number of hydrogen-bond donors (Lipinski definition) is 1. The van der Waals surface area contributed by atoms with Crippen LogP contribution in [0.15, 0.2) is 24.3 Å². The summed E-state index contributed by atoms with van der Waals surface area (Å²) in [5.41, 5.74) is 0.714. The van der Waals surface area contributed by atoms with E-state index in [1.807, 2.05) is 19.1 Å². The maximum absolute atomic E-state index is 10.1. The first kappa shape index (κ1) is 13.0. The van der Waals surface area contributed by atoms with E-state index in [-0.39, 0.29) is 0 Å². The zero-order valence-electron chi connectivity index (χ0n) is 10.5. The Hall–Kier alpha value is -1.02. The van der Waals surface area contributed by atoms with Crippen LogP contribution in [0, 0.1) is 0 Å². The zero-order valence-corrected chi connectivity index (χ0v) is 10.5. The molecule has 90 valence electrons. The van der Waals surface area contributed by atoms with Crippen molar-refractivity contribution in [2.45, 2.75) is 45.1 Å². The molecule has 16 heavy (non-hydrogen) atoms. The third-order valence-corrected chi connectivity index (χ3v) is 2.90. The molecule has 0 saturated heterocycles. The minimum atomic E-state index is -0.533. The lowest BCUT2D eigenvalue weighted by Gasteiger charge is -2.22. The summed E-state index contributed by atoms with van der Waals surface area (Å²) in [4.78, 5) is 0. The highest BCUT2D eigenvalue weighted by molar-refractivity contribution is 5.27. The Morgan fingerprint density at radius 1 is 1.19 bits per heavy atom. The van der Waals surface area contributed by atoms with Crippen molar-refractivity contribution in [3.05, 3.63) is 29.8 Å². The molecule has 0 aliphatic carbocycles. The molecule has 1 aromatic rings. The van der Waals surface area contributed by atoms with Crippen molar-refractivity contribution in [2.24, 2.45) is 0 Å². The summed E-state index contributed by atoms with van der Waals surface area (Å²) in [7, 11) is 1.67. The summed E-state index contributed by atoms with van der Waals surface area (Å²) >= 11 is 0. The Labute approximate surface area is 98.3 Å². The van der Waals surface area contributed by atoms with Crippen molar-refractivity contribution in [3.8, 4) is 5.75 Å². The van der Waals surface area contributed by atoms with E-state index in [4.69, 9.17) is 4.74 Å². The van der Waals surface area contributed by atoms with Crippen LogP contribution in [0.2, 0.25) is 0 Å². The number of rotatable bonds is 6. The second-order valence-electron chi connectivity index (χ2n) is 4.60. The van der Waals surface area contributed by atoms with Gasteiger partial charge in [-0.1, -0.05) is 25.5 Å². The van der Waals surface area contributed by atoms with Crippen molar-refractivity contribution in [1.82, 2.24) is 0 Å². The van der Waals surface area contributed by atoms with Gasteiger partial charge in [0.1, 0.15) is 5.75 Å². The number of benzene rings is 1. The molecule has 1 N–H and O–H groups in total. The van der Waals surface area contributed by atoms with Crippen LogP contribution in [0.3, 0.4) is 0 Å². The van der Waals surface area contributed by atoms with Crippen molar-refractivity contribution >= 4 is 0 Å². The van der Waals surface area contributed by atoms with E-state index in [1.54, 1.807) is 7.11 Å². The summed E-state index contributed by atoms with van der Waals surface area (Å²) in [6, 6.07) is 8.04. The molecule has 1 rings (SSSR count). The van der Waals surface area contributed by atoms with Crippen LogP contribution in [0.5, 0.6) is 5.75 Å². The lowest BCUT2D eigenvalue weighted by atomic mass is 9.92. The second kappa shape index (κ2) is 5.90. The molecule has 2 heteroatoms. The maximum atomic E-state index is 10.1. The molecule has 0 radical (unpaired) electrons. The van der Waals surface area contributed by atoms with Gasteiger partial charge in [-0.25, -0.2) is 0 Å². The van der Waals surface area contributed by atoms with Gasteiger partial charge in [0.2, 0.25) is 0 Å². The van der Waals surface area contributed by atoms with Gasteiger partial charge in [-0.3, -0.25) is 0 Å². The predicted molar refractivity (Wildman–Crippen MR) is 66.8 cm³/mol. The second-order valence-corrected chi connectivity index (χ2v) is 4.60. The lowest BCUT2D eigenvalue weighted by molar-refractivity contribution is 0.0416. The van der Waals surface area contributed by atoms with E-state index in [2.05, 4.69) is 19.1 Å². The summed E-state index contributed by atoms with van der Waals surface area (Å²) in [5.74, 6) is 0.879. The fourth-order valence-corrected chi connectivity index (χ4v) is 1.87. The highest BCUT2D eigenvalue weighted by Crippen LogP contribution is 2.20. The van der Waals surface area contributed by atoms with Gasteiger partial charge in [-0.2, -0.15) is 0 Å². The average molecular weight is 222 g/mol. The molecule has 1 atom stereocenters. The molecule has 0 heterocycles. The van der Waals surface area contributed by atoms with Gasteiger partial charge in [0.05, 0.1) is 12.7 Å². The van der Waals surface area contributed by atoms with Gasteiger partial charge in [0, 0.05) is 0 Å². The Morgan fingerprint density at radius 3 is 2.31 bits per heavy atom. The van der Waals surface area contributed by atoms with Gasteiger partial charge in [0.15, 0.2) is 0 Å². The van der Waals surface area contributed by atoms with E-state index in [1.165, 1.54) is 5.56 Å². The van der Waals surface area contributed by atoms with E-state index in [0.29, 0.717) is 0 Å². The standard InChI is InChI=1S/C14H22O2/c1-4-10-14(2,15)11-9-12-5-7-13(16-3)8-6-12/h5-8,15H,4,9-11H2,1-3H3. The highest BCUT2D eigenvalue weighted by Gasteiger charge is 2.18. The quantitative estimate of drug-likeness (QED) is 0.801. The van der Waals surface area contributed by atoms with Crippen LogP contribution >= 0.6 is 0 Å². The van der Waals surface area contributed by atoms with Crippen molar-refractivity contribution in [1.29, 1.82) is 0 Å². The van der Waals surface area contributed by atoms with E-state index < -0.39 is 5.60 Å². The van der Waals surface area contributed by atoms with Crippen LogP contribution in [0.4, 0.5) is 0 Å². The average Bonchev–Trinajstić information content (AvgIpc) is 2.27. The van der Waals surface area contributed by atoms with Gasteiger partial charge in [0.25, 0.3) is 0 Å². The summed E-state index contributed by atoms with van der Waals surface area (Å²) < 4.78 is 5.10. The highest BCUT2D eigenvalue weighted by atomic mass is 16.5. The summed E-state index contributed by atoms with van der Waals surface area (Å²) in [5, 5.41) is 10.1. The monoisotopic (exact) mass is 222 g/mol. The number of hydrogen-bond acceptors (Lipinski definition) is 2. The van der Waals surface area contributed by atoms with Gasteiger partial charge < -0.3 is 9.84 Å². The molecule has 1 aromatic carbocycles. The molecule has 0 aliphatic rings. The molecule has 1 unspecified atom stereocenters. The minimum Gasteiger partial charge on any atom is -0.497 e. The number of aliphatic hydroxyl groups is 1. The van der Waals surface area contributed by atoms with Crippen LogP contribution in [-0.4, -0.2) is 17.8 Å². The first-order valence-electron chi connectivity index (χ1n) is 5.93. The zero-order chi connectivity index (χ0) is 12.0. The van der Waals surface area contributed by atoms with Crippen LogP contribution in [0.1, 0.15) is 38.7 Å². The van der Waals surface area contributed by atoms with Crippen LogP contribution in [0.25, 0.3) is 0 Å². The molecule has 0 amide bonds. The fourth-order valence-electron chi connectivity index (χ4n) is 1.87. The smallest absolute Gasteiger partial charge is 0.118 e. The first-order chi connectivity index (χ1) is 7.57. The predicted octanol–water partition coefficient (Wildman–Crippen LogP) is 3.18. The molecule has 0 aliphatic heterocycles. The molecule has 0 fully saturated rings. The molecule has 0 spiro atoms. The van der Waals surface area contributed by atoms with E-state index >= 15 is 0 Å². The Kier molecular flexibility index (Phi) is 4.81. The third kappa shape index (κ3) is 4.23. The first-order valence-corrected chi connectivity index (χ1v) is 5.93. The Balaban J connectivity index is 2.48. The molecular formula is C14H22O2. The number of methoxy groups -OCH3 is 1. The van der Waals surface area contributed by atoms with Crippen LogP contribution in [-0.2, 0) is 6.42 Å². The summed E-state index contributed by atoms with van der Waals surface area (Å²) in [6.07, 6.45) is 3.61. The fraction of sp³-hybridized carbons (Fsp3) is 0.571. The minimum absolute atomic E-state index is 0.533. The molecule has 0 bridgehead atoms. The number of aryl methyl sites for hydroxylation is 1. The van der Waals surface area contributed by atoms with Crippen molar-refractivity contribution in [3.63, 3.8) is 0 Å². The topological polar surface area (TPSA) is 29.5 Å². The molecule has 0 aromatic heterocycles. The SMILES string of the molecule is CCCC(C)(O)CCc1ccc(OC)cc1. The Morgan fingerprint density at radius 2 is 1.81 bits per heavy atom. The van der Waals surface area contributed by atoms with Gasteiger partial charge >= 0.3 is 0 Å². The maximum Gasteiger partial charge on any atom is 0.118 e. The molecule has 0 saturated carbocycles. The van der Waals surface area contributed by atoms with Crippen LogP contribution < -0.4 is 4.74 Å². The largest absolute Gasteiger partial charge is 0.497 e. The van der Waals surface area contributed by atoms with E-state index in [9.17, 15) is 5.11 Å². The van der Waals surface area contributed by atoms with E-state index in [0.717, 1.165) is 31.4 Å². The molecule has 2 nitrogen and oxygen atoms in total. The summed E-state index contributed by atoms with van der Waals surface area (Å²) in [6.45, 7) is 4.02. The normalized spacial score (nSPS) is 14.5. The van der Waals surface area contributed by atoms with Crippen molar-refractivity contribution < 1.29 is 9.84 Å². The lowest BCUT2D eigenvalue weighted by Crippen LogP contribution is -2.24. The van der Waals surface area contributed by atoms with Gasteiger partial charge in [-0.15, -0.1) is 0 Å². The third-order valence-electron chi connectivity index (χ3n) is 2.90. The number of ether oxygens (including phenoxy) is 1. The van der Waals surface area contributed by atoms with Gasteiger partial charge in [-0.05, 0) is 43.9 Å². The molecular weight excluding hydrogens is 200 g/mol. The van der Waals surface area contributed by atoms with Crippen molar-refractivity contribution in [2.75, 3.05) is 7.11 Å². The Bertz CT molecular complexity index is 301.